The first-order valence-electron chi connectivity index (χ1n) is 11.1. The molecule has 2 aromatic heterocycles. The van der Waals surface area contributed by atoms with Gasteiger partial charge >= 0.3 is 0 Å². The summed E-state index contributed by atoms with van der Waals surface area (Å²) in [4.78, 5) is 25.1. The van der Waals surface area contributed by atoms with E-state index < -0.39 is 11.6 Å². The lowest BCUT2D eigenvalue weighted by Gasteiger charge is -2.54. The number of amides is 1. The summed E-state index contributed by atoms with van der Waals surface area (Å²) >= 11 is 0. The highest BCUT2D eigenvalue weighted by atomic mass is 19.1. The van der Waals surface area contributed by atoms with E-state index in [9.17, 15) is 14.3 Å². The number of nitrogens with zero attached hydrogens (tertiary/aromatic N) is 6. The Hall–Kier alpha value is -3.95. The third-order valence-corrected chi connectivity index (χ3v) is 6.65. The summed E-state index contributed by atoms with van der Waals surface area (Å²) in [7, 11) is 1.83. The van der Waals surface area contributed by atoms with Gasteiger partial charge in [-0.15, -0.1) is 0 Å². The van der Waals surface area contributed by atoms with Gasteiger partial charge in [0, 0.05) is 56.6 Å². The van der Waals surface area contributed by atoms with Crippen LogP contribution in [0.25, 0.3) is 11.1 Å². The number of halogens is 1. The van der Waals surface area contributed by atoms with Crippen molar-refractivity contribution in [3.63, 3.8) is 0 Å². The molecule has 0 atom stereocenters. The van der Waals surface area contributed by atoms with Crippen molar-refractivity contribution in [1.82, 2.24) is 24.6 Å². The summed E-state index contributed by atoms with van der Waals surface area (Å²) in [5.41, 5.74) is 2.16. The number of benzene rings is 1. The number of nitrogens with one attached hydrogen (secondary N) is 1. The van der Waals surface area contributed by atoms with Crippen molar-refractivity contribution in [2.24, 2.45) is 12.5 Å². The first kappa shape index (κ1) is 21.9. The number of hydrogen-bond acceptors (Lipinski definition) is 7. The quantitative estimate of drug-likeness (QED) is 0.561. The summed E-state index contributed by atoms with van der Waals surface area (Å²) in [5, 5.41) is 16.9. The van der Waals surface area contributed by atoms with Gasteiger partial charge in [-0.05, 0) is 36.6 Å². The highest BCUT2D eigenvalue weighted by molar-refractivity contribution is 5.87. The average molecular weight is 464 g/mol. The van der Waals surface area contributed by atoms with E-state index in [0.717, 1.165) is 31.6 Å². The van der Waals surface area contributed by atoms with E-state index in [1.54, 1.807) is 23.1 Å². The van der Waals surface area contributed by atoms with Crippen LogP contribution in [0.15, 0.2) is 49.4 Å². The largest absolute Gasteiger partial charge is 0.505 e. The van der Waals surface area contributed by atoms with Crippen molar-refractivity contribution in [3.8, 4) is 16.9 Å². The molecular formula is C24H26FN7O2. The van der Waals surface area contributed by atoms with Crippen molar-refractivity contribution >= 4 is 23.4 Å². The predicted molar refractivity (Wildman–Crippen MR) is 126 cm³/mol. The van der Waals surface area contributed by atoms with Gasteiger partial charge in [-0.1, -0.05) is 12.6 Å². The lowest BCUT2D eigenvalue weighted by Crippen LogP contribution is -2.61. The Morgan fingerprint density at radius 1 is 1.26 bits per heavy atom. The second-order valence-corrected chi connectivity index (χ2v) is 9.01. The number of piperidine rings is 1. The van der Waals surface area contributed by atoms with Crippen LogP contribution in [0.1, 0.15) is 12.8 Å². The molecule has 2 aliphatic heterocycles. The van der Waals surface area contributed by atoms with Crippen LogP contribution in [-0.2, 0) is 11.8 Å². The van der Waals surface area contributed by atoms with Crippen molar-refractivity contribution in [2.75, 3.05) is 36.4 Å². The topological polar surface area (TPSA) is 99.4 Å². The Morgan fingerprint density at radius 3 is 2.68 bits per heavy atom. The first-order valence-corrected chi connectivity index (χ1v) is 11.1. The second kappa shape index (κ2) is 8.44. The maximum Gasteiger partial charge on any atom is 0.245 e. The van der Waals surface area contributed by atoms with E-state index in [2.05, 4.69) is 26.9 Å². The molecule has 2 saturated heterocycles. The number of aryl methyl sites for hydroxylation is 1. The molecule has 4 heterocycles. The number of carbonyl (C=O) groups is 1. The van der Waals surface area contributed by atoms with Gasteiger partial charge in [-0.2, -0.15) is 10.1 Å². The molecule has 0 radical (unpaired) electrons. The molecule has 0 saturated carbocycles. The standard InChI is InChI=1S/C24H26FN7O2/c1-3-21(34)31-8-6-24(7-9-31)14-32(15-24)22-18(16-4-5-20(33)19(25)10-16)12-26-23(29-22)28-17-11-27-30(2)13-17/h3-5,10-13,33H,1,6-9,14-15H2,2H3,(H,26,28,29). The molecule has 9 nitrogen and oxygen atoms in total. The molecule has 10 heteroatoms. The molecule has 2 N–H and O–H groups in total. The molecule has 1 aromatic carbocycles. The molecule has 3 aromatic rings. The first-order chi connectivity index (χ1) is 16.4. The van der Waals surface area contributed by atoms with E-state index in [4.69, 9.17) is 4.98 Å². The van der Waals surface area contributed by atoms with E-state index >= 15 is 0 Å². The maximum absolute atomic E-state index is 14.1. The second-order valence-electron chi connectivity index (χ2n) is 9.01. The van der Waals surface area contributed by atoms with E-state index in [-0.39, 0.29) is 11.3 Å². The molecule has 34 heavy (non-hydrogen) atoms. The van der Waals surface area contributed by atoms with Gasteiger partial charge in [-0.3, -0.25) is 9.48 Å². The minimum Gasteiger partial charge on any atom is -0.505 e. The molecule has 0 unspecified atom stereocenters. The smallest absolute Gasteiger partial charge is 0.245 e. The zero-order chi connectivity index (χ0) is 23.9. The van der Waals surface area contributed by atoms with Crippen LogP contribution < -0.4 is 10.2 Å². The molecule has 2 aliphatic rings. The zero-order valence-electron chi connectivity index (χ0n) is 18.9. The number of rotatable bonds is 5. The van der Waals surface area contributed by atoms with Crippen LogP contribution in [-0.4, -0.2) is 61.8 Å². The van der Waals surface area contributed by atoms with E-state index in [1.165, 1.54) is 18.2 Å². The molecular weight excluding hydrogens is 437 g/mol. The molecule has 2 fully saturated rings. The van der Waals surface area contributed by atoms with Gasteiger partial charge in [0.15, 0.2) is 11.6 Å². The Balaban J connectivity index is 1.41. The number of hydrogen-bond donors (Lipinski definition) is 2. The monoisotopic (exact) mass is 463 g/mol. The Labute approximate surface area is 196 Å². The minimum atomic E-state index is -0.694. The van der Waals surface area contributed by atoms with E-state index in [0.29, 0.717) is 36.0 Å². The number of phenols is 1. The third kappa shape index (κ3) is 4.07. The van der Waals surface area contributed by atoms with Crippen LogP contribution in [0, 0.1) is 11.2 Å². The number of anilines is 3. The fourth-order valence-electron chi connectivity index (χ4n) is 4.73. The maximum atomic E-state index is 14.1. The van der Waals surface area contributed by atoms with Gasteiger partial charge in [0.05, 0.1) is 11.9 Å². The average Bonchev–Trinajstić information content (AvgIpc) is 3.23. The van der Waals surface area contributed by atoms with Gasteiger partial charge in [0.2, 0.25) is 11.9 Å². The van der Waals surface area contributed by atoms with Crippen molar-refractivity contribution in [1.29, 1.82) is 0 Å². The summed E-state index contributed by atoms with van der Waals surface area (Å²) in [5.74, 6) is -0.00481. The zero-order valence-corrected chi connectivity index (χ0v) is 18.9. The fourth-order valence-corrected chi connectivity index (χ4v) is 4.73. The van der Waals surface area contributed by atoms with Crippen LogP contribution >= 0.6 is 0 Å². The highest BCUT2D eigenvalue weighted by Crippen LogP contribution is 2.45. The number of carbonyl (C=O) groups excluding carboxylic acids is 1. The van der Waals surface area contributed by atoms with Crippen LogP contribution in [0.2, 0.25) is 0 Å². The van der Waals surface area contributed by atoms with E-state index in [1.807, 2.05) is 18.1 Å². The van der Waals surface area contributed by atoms with Crippen LogP contribution in [0.3, 0.4) is 0 Å². The summed E-state index contributed by atoms with van der Waals surface area (Å²) < 4.78 is 15.8. The molecule has 176 valence electrons. The lowest BCUT2D eigenvalue weighted by molar-refractivity contribution is -0.128. The Morgan fingerprint density at radius 2 is 2.03 bits per heavy atom. The molecule has 0 aliphatic carbocycles. The Kier molecular flexibility index (Phi) is 5.43. The van der Waals surface area contributed by atoms with Gasteiger partial charge < -0.3 is 20.2 Å². The Bertz CT molecular complexity index is 1240. The predicted octanol–water partition coefficient (Wildman–Crippen LogP) is 3.08. The molecule has 0 bridgehead atoms. The van der Waals surface area contributed by atoms with Crippen molar-refractivity contribution in [3.05, 3.63) is 55.3 Å². The van der Waals surface area contributed by atoms with Crippen molar-refractivity contribution in [2.45, 2.75) is 12.8 Å². The molecule has 1 amide bonds. The van der Waals surface area contributed by atoms with Crippen molar-refractivity contribution < 1.29 is 14.3 Å². The summed E-state index contributed by atoms with van der Waals surface area (Å²) in [6, 6.07) is 4.28. The molecule has 5 rings (SSSR count). The van der Waals surface area contributed by atoms with Gasteiger partial charge in [-0.25, -0.2) is 9.37 Å². The SMILES string of the molecule is C=CC(=O)N1CCC2(CC1)CN(c1nc(Nc3cnn(C)c3)ncc1-c1ccc(O)c(F)c1)C2. The highest BCUT2D eigenvalue weighted by Gasteiger charge is 2.46. The minimum absolute atomic E-state index is 0.0235. The summed E-state index contributed by atoms with van der Waals surface area (Å²) in [6.07, 6.45) is 8.37. The lowest BCUT2D eigenvalue weighted by atomic mass is 9.72. The number of phenolic OH excluding ortho intramolecular Hbond substituents is 1. The summed E-state index contributed by atoms with van der Waals surface area (Å²) in [6.45, 7) is 6.59. The van der Waals surface area contributed by atoms with Crippen LogP contribution in [0.5, 0.6) is 5.75 Å². The third-order valence-electron chi connectivity index (χ3n) is 6.65. The van der Waals surface area contributed by atoms with Crippen LogP contribution in [0.4, 0.5) is 21.8 Å². The molecule has 1 spiro atoms. The number of aromatic hydroxyl groups is 1. The normalized spacial score (nSPS) is 16.9. The number of aromatic nitrogens is 4. The number of likely N-dealkylation sites (tertiary alicyclic amines) is 1. The van der Waals surface area contributed by atoms with Gasteiger partial charge in [0.25, 0.3) is 0 Å². The fraction of sp³-hybridized carbons (Fsp3) is 0.333. The van der Waals surface area contributed by atoms with Gasteiger partial charge in [0.1, 0.15) is 5.82 Å².